The molecule has 0 spiro atoms. The van der Waals surface area contributed by atoms with Crippen LogP contribution in [0.1, 0.15) is 0 Å². The third kappa shape index (κ3) is 5.05. The lowest BCUT2D eigenvalue weighted by atomic mass is 10.3. The van der Waals surface area contributed by atoms with E-state index in [1.807, 2.05) is 12.1 Å². The molecule has 0 saturated carbocycles. The van der Waals surface area contributed by atoms with E-state index in [4.69, 9.17) is 11.6 Å². The second kappa shape index (κ2) is 7.66. The molecule has 24 heavy (non-hydrogen) atoms. The van der Waals surface area contributed by atoms with Crippen molar-refractivity contribution in [1.82, 2.24) is 0 Å². The smallest absolute Gasteiger partial charge is 0.245 e. The first kappa shape index (κ1) is 18.9. The molecule has 0 fully saturated rings. The first-order valence-corrected chi connectivity index (χ1v) is 9.95. The highest BCUT2D eigenvalue weighted by molar-refractivity contribution is 14.1. The van der Waals surface area contributed by atoms with Crippen molar-refractivity contribution in [1.29, 1.82) is 0 Å². The molecule has 1 N–H and O–H groups in total. The molecule has 0 heterocycles. The molecule has 0 aliphatic rings. The van der Waals surface area contributed by atoms with Crippen molar-refractivity contribution in [3.63, 3.8) is 0 Å². The average molecular weight is 483 g/mol. The molecule has 9 heteroatoms. The van der Waals surface area contributed by atoms with Gasteiger partial charge in [0.25, 0.3) is 0 Å². The predicted molar refractivity (Wildman–Crippen MR) is 101 cm³/mol. The average Bonchev–Trinajstić information content (AvgIpc) is 2.49. The minimum Gasteiger partial charge on any atom is -0.325 e. The van der Waals surface area contributed by atoms with Crippen molar-refractivity contribution < 1.29 is 17.6 Å². The monoisotopic (exact) mass is 482 g/mol. The lowest BCUT2D eigenvalue weighted by Crippen LogP contribution is -2.37. The molecule has 5 nitrogen and oxygen atoms in total. The minimum absolute atomic E-state index is 0.113. The Morgan fingerprint density at radius 2 is 1.88 bits per heavy atom. The third-order valence-electron chi connectivity index (χ3n) is 3.01. The van der Waals surface area contributed by atoms with Crippen LogP contribution in [0.25, 0.3) is 0 Å². The van der Waals surface area contributed by atoms with Crippen molar-refractivity contribution in [2.24, 2.45) is 0 Å². The zero-order chi connectivity index (χ0) is 17.9. The van der Waals surface area contributed by atoms with Gasteiger partial charge in [-0.1, -0.05) is 11.6 Å². The Morgan fingerprint density at radius 3 is 2.42 bits per heavy atom. The van der Waals surface area contributed by atoms with Gasteiger partial charge in [-0.3, -0.25) is 9.10 Å². The van der Waals surface area contributed by atoms with Crippen LogP contribution in [0.4, 0.5) is 15.8 Å². The number of carbonyl (C=O) groups is 1. The van der Waals surface area contributed by atoms with Gasteiger partial charge in [-0.15, -0.1) is 0 Å². The number of hydrogen-bond donors (Lipinski definition) is 1. The molecule has 0 bridgehead atoms. The van der Waals surface area contributed by atoms with Gasteiger partial charge >= 0.3 is 0 Å². The van der Waals surface area contributed by atoms with Gasteiger partial charge in [0.2, 0.25) is 15.9 Å². The number of sulfonamides is 1. The number of hydrogen-bond acceptors (Lipinski definition) is 3. The van der Waals surface area contributed by atoms with Crippen LogP contribution >= 0.6 is 34.2 Å². The normalized spacial score (nSPS) is 11.2. The maximum absolute atomic E-state index is 13.3. The van der Waals surface area contributed by atoms with E-state index in [-0.39, 0.29) is 10.7 Å². The number of anilines is 2. The Balaban J connectivity index is 2.21. The maximum Gasteiger partial charge on any atom is 0.245 e. The van der Waals surface area contributed by atoms with E-state index in [9.17, 15) is 17.6 Å². The summed E-state index contributed by atoms with van der Waals surface area (Å²) in [6.07, 6.45) is 0.961. The van der Waals surface area contributed by atoms with Crippen LogP contribution < -0.4 is 9.62 Å². The lowest BCUT2D eigenvalue weighted by Gasteiger charge is -2.22. The van der Waals surface area contributed by atoms with Crippen LogP contribution in [-0.2, 0) is 14.8 Å². The van der Waals surface area contributed by atoms with E-state index in [2.05, 4.69) is 27.9 Å². The van der Waals surface area contributed by atoms with Crippen LogP contribution in [0, 0.1) is 9.39 Å². The van der Waals surface area contributed by atoms with Gasteiger partial charge in [-0.2, -0.15) is 0 Å². The molecule has 2 rings (SSSR count). The highest BCUT2D eigenvalue weighted by atomic mass is 127. The molecule has 2 aromatic rings. The Hall–Kier alpha value is -1.39. The highest BCUT2D eigenvalue weighted by Gasteiger charge is 2.21. The highest BCUT2D eigenvalue weighted by Crippen LogP contribution is 2.24. The lowest BCUT2D eigenvalue weighted by molar-refractivity contribution is -0.114. The first-order valence-electron chi connectivity index (χ1n) is 6.65. The Labute approximate surface area is 158 Å². The van der Waals surface area contributed by atoms with Gasteiger partial charge in [0, 0.05) is 9.26 Å². The van der Waals surface area contributed by atoms with Crippen molar-refractivity contribution >= 4 is 61.5 Å². The summed E-state index contributed by atoms with van der Waals surface area (Å²) in [4.78, 5) is 12.2. The quantitative estimate of drug-likeness (QED) is 0.664. The number of rotatable bonds is 5. The fraction of sp³-hybridized carbons (Fsp3) is 0.133. The maximum atomic E-state index is 13.3. The van der Waals surface area contributed by atoms with Gasteiger partial charge in [-0.05, 0) is 65.1 Å². The molecule has 0 atom stereocenters. The summed E-state index contributed by atoms with van der Waals surface area (Å²) in [5, 5.41) is 2.39. The topological polar surface area (TPSA) is 66.5 Å². The van der Waals surface area contributed by atoms with Crippen molar-refractivity contribution in [2.75, 3.05) is 22.4 Å². The van der Waals surface area contributed by atoms with E-state index in [0.29, 0.717) is 5.69 Å². The van der Waals surface area contributed by atoms with Crippen molar-refractivity contribution in [3.05, 3.63) is 56.9 Å². The van der Waals surface area contributed by atoms with Crippen LogP contribution in [-0.4, -0.2) is 27.1 Å². The molecule has 0 aromatic heterocycles. The van der Waals surface area contributed by atoms with E-state index >= 15 is 0 Å². The summed E-state index contributed by atoms with van der Waals surface area (Å²) in [6.45, 7) is -0.452. The van der Waals surface area contributed by atoms with Gasteiger partial charge in [0.15, 0.2) is 0 Å². The van der Waals surface area contributed by atoms with Gasteiger partial charge in [0.1, 0.15) is 12.4 Å². The standard InChI is InChI=1S/C15H13ClFIN2O3S/c1-24(22,23)20(12-6-7-14(17)13(16)8-12)9-15(21)19-11-4-2-10(18)3-5-11/h2-8H,9H2,1H3,(H,19,21). The summed E-state index contributed by atoms with van der Waals surface area (Å²) in [5.74, 6) is -1.20. The summed E-state index contributed by atoms with van der Waals surface area (Å²) in [7, 11) is -3.75. The number of nitrogens with one attached hydrogen (secondary N) is 1. The SMILES string of the molecule is CS(=O)(=O)N(CC(=O)Nc1ccc(I)cc1)c1ccc(F)c(Cl)c1. The fourth-order valence-corrected chi connectivity index (χ4v) is 3.29. The molecule has 0 radical (unpaired) electrons. The molecule has 0 aliphatic carbocycles. The Bertz CT molecular complexity index is 860. The molecule has 0 unspecified atom stereocenters. The summed E-state index contributed by atoms with van der Waals surface area (Å²) < 4.78 is 39.1. The van der Waals surface area contributed by atoms with Gasteiger partial charge in [0.05, 0.1) is 17.0 Å². The van der Waals surface area contributed by atoms with E-state index < -0.39 is 28.3 Å². The summed E-state index contributed by atoms with van der Waals surface area (Å²) >= 11 is 7.82. The van der Waals surface area contributed by atoms with Crippen LogP contribution in [0.3, 0.4) is 0 Å². The summed E-state index contributed by atoms with van der Waals surface area (Å²) in [6, 6.07) is 10.5. The number of halogens is 3. The minimum atomic E-state index is -3.75. The van der Waals surface area contributed by atoms with Crippen LogP contribution in [0.15, 0.2) is 42.5 Å². The molecule has 128 valence electrons. The molecule has 2 aromatic carbocycles. The van der Waals surface area contributed by atoms with E-state index in [1.54, 1.807) is 12.1 Å². The number of carbonyl (C=O) groups excluding carboxylic acids is 1. The molecule has 0 aliphatic heterocycles. The number of amides is 1. The van der Waals surface area contributed by atoms with Gasteiger partial charge < -0.3 is 5.32 Å². The third-order valence-corrected chi connectivity index (χ3v) is 5.16. The predicted octanol–water partition coefficient (Wildman–Crippen LogP) is 3.49. The van der Waals surface area contributed by atoms with Crippen LogP contribution in [0.2, 0.25) is 5.02 Å². The second-order valence-corrected chi connectivity index (χ2v) is 8.48. The zero-order valence-electron chi connectivity index (χ0n) is 12.5. The van der Waals surface area contributed by atoms with E-state index in [0.717, 1.165) is 26.3 Å². The summed E-state index contributed by atoms with van der Waals surface area (Å²) in [5.41, 5.74) is 0.660. The Kier molecular flexibility index (Phi) is 6.05. The van der Waals surface area contributed by atoms with Gasteiger partial charge in [-0.25, -0.2) is 12.8 Å². The molecular weight excluding hydrogens is 470 g/mol. The van der Waals surface area contributed by atoms with Crippen molar-refractivity contribution in [3.8, 4) is 0 Å². The first-order chi connectivity index (χ1) is 11.2. The van der Waals surface area contributed by atoms with Crippen molar-refractivity contribution in [2.45, 2.75) is 0 Å². The molecule has 1 amide bonds. The molecular formula is C15H13ClFIN2O3S. The zero-order valence-corrected chi connectivity index (χ0v) is 16.2. The Morgan fingerprint density at radius 1 is 1.25 bits per heavy atom. The van der Waals surface area contributed by atoms with Crippen LogP contribution in [0.5, 0.6) is 0 Å². The number of nitrogens with zero attached hydrogens (tertiary/aromatic N) is 1. The second-order valence-electron chi connectivity index (χ2n) is 4.92. The fourth-order valence-electron chi connectivity index (χ4n) is 1.90. The molecule has 0 saturated heterocycles. The van der Waals surface area contributed by atoms with E-state index in [1.165, 1.54) is 6.07 Å². The largest absolute Gasteiger partial charge is 0.325 e. The number of benzene rings is 2.